The molecule has 0 aliphatic heterocycles. The molecule has 0 aromatic heterocycles. The first-order chi connectivity index (χ1) is 9.56. The molecule has 104 valence electrons. The summed E-state index contributed by atoms with van der Waals surface area (Å²) in [5.41, 5.74) is 8.23. The van der Waals surface area contributed by atoms with Crippen molar-refractivity contribution in [2.75, 3.05) is 0 Å². The summed E-state index contributed by atoms with van der Waals surface area (Å²) in [5.74, 6) is -0.445. The lowest BCUT2D eigenvalue weighted by Crippen LogP contribution is -2.12. The molecule has 2 aromatic carbocycles. The summed E-state index contributed by atoms with van der Waals surface area (Å²) in [5, 5.41) is 0. The molecule has 0 saturated heterocycles. The van der Waals surface area contributed by atoms with E-state index in [4.69, 9.17) is 5.73 Å². The molecule has 2 nitrogen and oxygen atoms in total. The first kappa shape index (κ1) is 14.4. The maximum atomic E-state index is 13.3. The minimum Gasteiger partial charge on any atom is -0.324 e. The lowest BCUT2D eigenvalue weighted by atomic mass is 9.98. The Balaban J connectivity index is 1.98. The molecule has 0 fully saturated rings. The Morgan fingerprint density at radius 3 is 2.55 bits per heavy atom. The van der Waals surface area contributed by atoms with Crippen molar-refractivity contribution in [1.29, 1.82) is 0 Å². The van der Waals surface area contributed by atoms with Crippen molar-refractivity contribution in [2.45, 2.75) is 25.8 Å². The molecule has 0 bridgehead atoms. The quantitative estimate of drug-likeness (QED) is 0.841. The summed E-state index contributed by atoms with van der Waals surface area (Å²) >= 11 is 0. The van der Waals surface area contributed by atoms with Crippen LogP contribution in [0.5, 0.6) is 0 Å². The van der Waals surface area contributed by atoms with Crippen molar-refractivity contribution in [3.05, 3.63) is 71.0 Å². The normalized spacial score (nSPS) is 12.2. The molecule has 0 heterocycles. The van der Waals surface area contributed by atoms with E-state index in [1.165, 1.54) is 12.1 Å². The number of carbonyl (C=O) groups excluding carboxylic acids is 1. The van der Waals surface area contributed by atoms with Crippen LogP contribution in [0.15, 0.2) is 48.5 Å². The number of benzene rings is 2. The fourth-order valence-corrected chi connectivity index (χ4v) is 2.20. The first-order valence-electron chi connectivity index (χ1n) is 6.67. The molecule has 0 aliphatic carbocycles. The summed E-state index contributed by atoms with van der Waals surface area (Å²) < 4.78 is 13.3. The predicted molar refractivity (Wildman–Crippen MR) is 78.1 cm³/mol. The zero-order valence-electron chi connectivity index (χ0n) is 11.5. The molecule has 20 heavy (non-hydrogen) atoms. The average molecular weight is 271 g/mol. The summed E-state index contributed by atoms with van der Waals surface area (Å²) in [6.45, 7) is 1.77. The number of rotatable bonds is 5. The summed E-state index contributed by atoms with van der Waals surface area (Å²) in [7, 11) is 0. The Morgan fingerprint density at radius 2 is 1.90 bits per heavy atom. The molecule has 0 amide bonds. The van der Waals surface area contributed by atoms with E-state index < -0.39 is 0 Å². The molecule has 0 spiro atoms. The number of halogens is 1. The van der Waals surface area contributed by atoms with E-state index in [-0.39, 0.29) is 17.6 Å². The standard InChI is InChI=1S/C17H18FNO/c1-12-9-14(11-15(18)10-12)17(20)8-7-16(19)13-5-3-2-4-6-13/h2-6,9-11,16H,7-8,19H2,1H3. The summed E-state index contributed by atoms with van der Waals surface area (Å²) in [6, 6.07) is 13.9. The molecule has 2 N–H and O–H groups in total. The van der Waals surface area contributed by atoms with Crippen LogP contribution >= 0.6 is 0 Å². The highest BCUT2D eigenvalue weighted by atomic mass is 19.1. The lowest BCUT2D eigenvalue weighted by molar-refractivity contribution is 0.0977. The topological polar surface area (TPSA) is 43.1 Å². The number of aryl methyl sites for hydroxylation is 1. The van der Waals surface area contributed by atoms with Crippen molar-refractivity contribution >= 4 is 5.78 Å². The lowest BCUT2D eigenvalue weighted by Gasteiger charge is -2.11. The van der Waals surface area contributed by atoms with Gasteiger partial charge in [-0.25, -0.2) is 4.39 Å². The van der Waals surface area contributed by atoms with Crippen molar-refractivity contribution in [3.8, 4) is 0 Å². The maximum absolute atomic E-state index is 13.3. The van der Waals surface area contributed by atoms with E-state index in [9.17, 15) is 9.18 Å². The van der Waals surface area contributed by atoms with E-state index in [2.05, 4.69) is 0 Å². The van der Waals surface area contributed by atoms with Gasteiger partial charge >= 0.3 is 0 Å². The molecule has 0 radical (unpaired) electrons. The molecule has 1 atom stereocenters. The third-order valence-corrected chi connectivity index (χ3v) is 3.27. The molecular formula is C17H18FNO. The van der Waals surface area contributed by atoms with Crippen LogP contribution in [0.2, 0.25) is 0 Å². The SMILES string of the molecule is Cc1cc(F)cc(C(=O)CCC(N)c2ccccc2)c1. The number of hydrogen-bond donors (Lipinski definition) is 1. The molecule has 1 unspecified atom stereocenters. The highest BCUT2D eigenvalue weighted by Gasteiger charge is 2.11. The summed E-state index contributed by atoms with van der Waals surface area (Å²) in [6.07, 6.45) is 0.872. The van der Waals surface area contributed by atoms with Crippen molar-refractivity contribution in [3.63, 3.8) is 0 Å². The van der Waals surface area contributed by atoms with Gasteiger partial charge in [-0.1, -0.05) is 30.3 Å². The Labute approximate surface area is 118 Å². The number of carbonyl (C=O) groups is 1. The highest BCUT2D eigenvalue weighted by Crippen LogP contribution is 2.18. The first-order valence-corrected chi connectivity index (χ1v) is 6.67. The van der Waals surface area contributed by atoms with Gasteiger partial charge in [-0.2, -0.15) is 0 Å². The minimum absolute atomic E-state index is 0.0704. The zero-order valence-corrected chi connectivity index (χ0v) is 11.5. The van der Waals surface area contributed by atoms with Gasteiger partial charge in [0.2, 0.25) is 0 Å². The van der Waals surface area contributed by atoms with E-state index in [1.54, 1.807) is 13.0 Å². The van der Waals surface area contributed by atoms with Gasteiger partial charge in [0.15, 0.2) is 5.78 Å². The second-order valence-electron chi connectivity index (χ2n) is 5.00. The zero-order chi connectivity index (χ0) is 14.5. The van der Waals surface area contributed by atoms with Crippen LogP contribution in [0.4, 0.5) is 4.39 Å². The van der Waals surface area contributed by atoms with Gasteiger partial charge in [0.05, 0.1) is 0 Å². The van der Waals surface area contributed by atoms with Crippen LogP contribution in [0.25, 0.3) is 0 Å². The average Bonchev–Trinajstić information content (AvgIpc) is 2.44. The van der Waals surface area contributed by atoms with Gasteiger partial charge in [0.1, 0.15) is 5.82 Å². The predicted octanol–water partition coefficient (Wildman–Crippen LogP) is 3.80. The Kier molecular flexibility index (Phi) is 4.64. The van der Waals surface area contributed by atoms with Crippen molar-refractivity contribution in [2.24, 2.45) is 5.73 Å². The van der Waals surface area contributed by atoms with E-state index in [1.807, 2.05) is 30.3 Å². The number of nitrogens with two attached hydrogens (primary N) is 1. The number of hydrogen-bond acceptors (Lipinski definition) is 2. The molecule has 2 aromatic rings. The monoisotopic (exact) mass is 271 g/mol. The molecule has 2 rings (SSSR count). The van der Waals surface area contributed by atoms with Gasteiger partial charge in [-0.3, -0.25) is 4.79 Å². The fourth-order valence-electron chi connectivity index (χ4n) is 2.20. The minimum atomic E-state index is -0.374. The third kappa shape index (κ3) is 3.75. The maximum Gasteiger partial charge on any atom is 0.163 e. The largest absolute Gasteiger partial charge is 0.324 e. The third-order valence-electron chi connectivity index (χ3n) is 3.27. The highest BCUT2D eigenvalue weighted by molar-refractivity contribution is 5.96. The second-order valence-corrected chi connectivity index (χ2v) is 5.00. The van der Waals surface area contributed by atoms with E-state index in [0.29, 0.717) is 18.4 Å². The molecular weight excluding hydrogens is 253 g/mol. The Morgan fingerprint density at radius 1 is 1.20 bits per heavy atom. The molecule has 0 saturated carbocycles. The molecule has 0 aliphatic rings. The smallest absolute Gasteiger partial charge is 0.163 e. The van der Waals surface area contributed by atoms with Crippen molar-refractivity contribution < 1.29 is 9.18 Å². The van der Waals surface area contributed by atoms with E-state index in [0.717, 1.165) is 11.1 Å². The number of Topliss-reactive ketones (excluding diaryl/α,β-unsaturated/α-hetero) is 1. The van der Waals surface area contributed by atoms with Gasteiger partial charge in [-0.05, 0) is 42.7 Å². The Hall–Kier alpha value is -2.00. The van der Waals surface area contributed by atoms with Gasteiger partial charge < -0.3 is 5.73 Å². The van der Waals surface area contributed by atoms with Crippen LogP contribution in [-0.4, -0.2) is 5.78 Å². The van der Waals surface area contributed by atoms with Gasteiger partial charge in [-0.15, -0.1) is 0 Å². The van der Waals surface area contributed by atoms with Crippen LogP contribution < -0.4 is 5.73 Å². The number of ketones is 1. The fraction of sp³-hybridized carbons (Fsp3) is 0.235. The van der Waals surface area contributed by atoms with Gasteiger partial charge in [0.25, 0.3) is 0 Å². The van der Waals surface area contributed by atoms with Crippen LogP contribution in [-0.2, 0) is 0 Å². The van der Waals surface area contributed by atoms with Crippen LogP contribution in [0, 0.1) is 12.7 Å². The van der Waals surface area contributed by atoms with E-state index >= 15 is 0 Å². The van der Waals surface area contributed by atoms with Crippen LogP contribution in [0.3, 0.4) is 0 Å². The molecule has 3 heteroatoms. The van der Waals surface area contributed by atoms with Crippen molar-refractivity contribution in [1.82, 2.24) is 0 Å². The van der Waals surface area contributed by atoms with Crippen LogP contribution in [0.1, 0.15) is 40.4 Å². The second kappa shape index (κ2) is 6.44. The Bertz CT molecular complexity index is 575. The van der Waals surface area contributed by atoms with Gasteiger partial charge in [0, 0.05) is 18.0 Å². The summed E-state index contributed by atoms with van der Waals surface area (Å²) in [4.78, 5) is 12.1.